The fourth-order valence-corrected chi connectivity index (χ4v) is 5.66. The fraction of sp³-hybridized carbons (Fsp3) is 0.867. The Hall–Kier alpha value is -0.640. The summed E-state index contributed by atoms with van der Waals surface area (Å²) in [6.07, 6.45) is 8.22. The lowest BCUT2D eigenvalue weighted by molar-refractivity contribution is -0.124. The topological polar surface area (TPSA) is 55.1 Å². The predicted molar refractivity (Wildman–Crippen MR) is 77.4 cm³/mol. The van der Waals surface area contributed by atoms with Crippen molar-refractivity contribution < 1.29 is 4.79 Å². The summed E-state index contributed by atoms with van der Waals surface area (Å²) in [4.78, 5) is 13.1. The van der Waals surface area contributed by atoms with E-state index in [2.05, 4.69) is 5.32 Å². The third-order valence-corrected chi connectivity index (χ3v) is 6.72. The van der Waals surface area contributed by atoms with Gasteiger partial charge in [0.25, 0.3) is 0 Å². The van der Waals surface area contributed by atoms with Crippen LogP contribution < -0.4 is 11.1 Å². The van der Waals surface area contributed by atoms with Crippen LogP contribution in [0, 0.1) is 29.6 Å². The zero-order valence-corrected chi connectivity index (χ0v) is 12.0. The van der Waals surface area contributed by atoms with Gasteiger partial charge in [-0.1, -0.05) is 25.1 Å². The first-order chi connectivity index (χ1) is 9.12. The van der Waals surface area contributed by atoms with Crippen molar-refractivity contribution in [2.24, 2.45) is 35.3 Å². The monoisotopic (exact) mass is 278 g/mol. The molecule has 4 atom stereocenters. The summed E-state index contributed by atoms with van der Waals surface area (Å²) in [7, 11) is 0. The highest BCUT2D eigenvalue weighted by Crippen LogP contribution is 2.69. The van der Waals surface area contributed by atoms with Gasteiger partial charge in [-0.2, -0.15) is 0 Å². The van der Waals surface area contributed by atoms with Crippen molar-refractivity contribution in [2.45, 2.75) is 50.5 Å². The molecule has 4 heteroatoms. The van der Waals surface area contributed by atoms with Gasteiger partial charge in [-0.25, -0.2) is 0 Å². The van der Waals surface area contributed by atoms with Crippen molar-refractivity contribution in [1.29, 1.82) is 0 Å². The van der Waals surface area contributed by atoms with E-state index in [1.807, 2.05) is 0 Å². The average Bonchev–Trinajstić information content (AvgIpc) is 2.76. The number of carbonyl (C=O) groups is 1. The van der Waals surface area contributed by atoms with Gasteiger partial charge in [-0.15, -0.1) is 0 Å². The zero-order chi connectivity index (χ0) is 13.2. The number of rotatable bonds is 3. The zero-order valence-electron chi connectivity index (χ0n) is 11.2. The van der Waals surface area contributed by atoms with Crippen molar-refractivity contribution in [1.82, 2.24) is 5.32 Å². The van der Waals surface area contributed by atoms with Crippen LogP contribution in [0.4, 0.5) is 0 Å². The van der Waals surface area contributed by atoms with E-state index in [-0.39, 0.29) is 17.4 Å². The fourth-order valence-electron chi connectivity index (χ4n) is 5.41. The van der Waals surface area contributed by atoms with Crippen molar-refractivity contribution in [3.05, 3.63) is 0 Å². The molecular weight excluding hydrogens is 256 g/mol. The van der Waals surface area contributed by atoms with Crippen LogP contribution in [0.15, 0.2) is 0 Å². The molecular formula is C15H22N2OS. The summed E-state index contributed by atoms with van der Waals surface area (Å²) in [5.74, 6) is 3.62. The van der Waals surface area contributed by atoms with Crippen LogP contribution in [0.1, 0.15) is 44.9 Å². The smallest absolute Gasteiger partial charge is 0.224 e. The number of nitrogens with two attached hydrogens (primary N) is 1. The highest BCUT2D eigenvalue weighted by atomic mass is 32.1. The van der Waals surface area contributed by atoms with Crippen molar-refractivity contribution in [3.63, 3.8) is 0 Å². The molecule has 0 spiro atoms. The summed E-state index contributed by atoms with van der Waals surface area (Å²) >= 11 is 5.22. The summed E-state index contributed by atoms with van der Waals surface area (Å²) < 4.78 is 0. The van der Waals surface area contributed by atoms with E-state index in [1.165, 1.54) is 19.3 Å². The Labute approximate surface area is 119 Å². The minimum Gasteiger partial charge on any atom is -0.391 e. The van der Waals surface area contributed by atoms with Gasteiger partial charge in [0.15, 0.2) is 0 Å². The molecule has 19 heavy (non-hydrogen) atoms. The molecule has 0 aromatic carbocycles. The van der Waals surface area contributed by atoms with E-state index in [0.717, 1.165) is 37.5 Å². The molecule has 0 aromatic rings. The first-order valence-corrected chi connectivity index (χ1v) is 8.15. The highest BCUT2D eigenvalue weighted by Gasteiger charge is 2.67. The minimum absolute atomic E-state index is 0.251. The van der Waals surface area contributed by atoms with Crippen LogP contribution in [-0.4, -0.2) is 16.4 Å². The predicted octanol–water partition coefficient (Wildman–Crippen LogP) is 1.99. The molecule has 4 unspecified atom stereocenters. The average molecular weight is 278 g/mol. The maximum absolute atomic E-state index is 12.6. The van der Waals surface area contributed by atoms with E-state index in [9.17, 15) is 4.79 Å². The van der Waals surface area contributed by atoms with Crippen LogP contribution in [0.5, 0.6) is 0 Å². The molecule has 1 amide bonds. The van der Waals surface area contributed by atoms with E-state index in [4.69, 9.17) is 18.0 Å². The minimum atomic E-state index is -0.359. The number of fused-ring (bicyclic) bond motifs is 5. The Bertz CT molecular complexity index is 427. The summed E-state index contributed by atoms with van der Waals surface area (Å²) in [5.41, 5.74) is 5.54. The van der Waals surface area contributed by atoms with Crippen LogP contribution in [0.3, 0.4) is 0 Å². The molecule has 3 N–H and O–H groups in total. The third-order valence-electron chi connectivity index (χ3n) is 6.33. The Balaban J connectivity index is 1.46. The first kappa shape index (κ1) is 12.1. The second kappa shape index (κ2) is 3.94. The van der Waals surface area contributed by atoms with Gasteiger partial charge in [-0.3, -0.25) is 4.79 Å². The standard InChI is InChI=1S/C15H22N2OS/c16-14(19)15(5-1-2-6-15)17-13(18)12-10-8-3-4-9(7-8)11(10)12/h8-12H,1-7H2,(H2,16,19)(H,17,18). The van der Waals surface area contributed by atoms with E-state index < -0.39 is 0 Å². The summed E-state index contributed by atoms with van der Waals surface area (Å²) in [6.45, 7) is 0. The van der Waals surface area contributed by atoms with Gasteiger partial charge in [0.2, 0.25) is 5.91 Å². The Morgan fingerprint density at radius 1 is 1.16 bits per heavy atom. The van der Waals surface area contributed by atoms with Gasteiger partial charge in [0.1, 0.15) is 0 Å². The quantitative estimate of drug-likeness (QED) is 0.776. The van der Waals surface area contributed by atoms with Gasteiger partial charge in [-0.05, 0) is 55.8 Å². The lowest BCUT2D eigenvalue weighted by atomic mass is 9.95. The molecule has 2 bridgehead atoms. The van der Waals surface area contributed by atoms with Crippen LogP contribution in [0.25, 0.3) is 0 Å². The molecule has 4 saturated carbocycles. The molecule has 4 rings (SSSR count). The Morgan fingerprint density at radius 3 is 2.26 bits per heavy atom. The number of carbonyl (C=O) groups excluding carboxylic acids is 1. The van der Waals surface area contributed by atoms with Crippen molar-refractivity contribution >= 4 is 23.1 Å². The van der Waals surface area contributed by atoms with Gasteiger partial charge < -0.3 is 11.1 Å². The number of hydrogen-bond donors (Lipinski definition) is 2. The number of amides is 1. The van der Waals surface area contributed by atoms with Crippen LogP contribution >= 0.6 is 12.2 Å². The molecule has 4 aliphatic carbocycles. The lowest BCUT2D eigenvalue weighted by Gasteiger charge is -2.29. The van der Waals surface area contributed by atoms with Crippen molar-refractivity contribution in [2.75, 3.05) is 0 Å². The molecule has 4 aliphatic rings. The van der Waals surface area contributed by atoms with Gasteiger partial charge in [0, 0.05) is 5.92 Å². The molecule has 0 radical (unpaired) electrons. The van der Waals surface area contributed by atoms with Crippen LogP contribution in [-0.2, 0) is 4.79 Å². The normalized spacial score (nSPS) is 44.9. The summed E-state index contributed by atoms with van der Waals surface area (Å²) in [6, 6.07) is 0. The molecule has 4 fully saturated rings. The lowest BCUT2D eigenvalue weighted by Crippen LogP contribution is -2.55. The number of nitrogens with one attached hydrogen (secondary N) is 1. The molecule has 0 heterocycles. The summed E-state index contributed by atoms with van der Waals surface area (Å²) in [5, 5.41) is 3.25. The maximum atomic E-state index is 12.6. The first-order valence-electron chi connectivity index (χ1n) is 7.74. The highest BCUT2D eigenvalue weighted by molar-refractivity contribution is 7.80. The second-order valence-corrected chi connectivity index (χ2v) is 7.60. The Morgan fingerprint density at radius 2 is 1.74 bits per heavy atom. The SMILES string of the molecule is NC(=S)C1(NC(=O)C2C3C4CCC(C4)C23)CCCC1. The van der Waals surface area contributed by atoms with E-state index in [0.29, 0.717) is 16.8 Å². The van der Waals surface area contributed by atoms with E-state index >= 15 is 0 Å². The van der Waals surface area contributed by atoms with E-state index in [1.54, 1.807) is 0 Å². The van der Waals surface area contributed by atoms with Gasteiger partial charge in [0.05, 0.1) is 10.5 Å². The maximum Gasteiger partial charge on any atom is 0.224 e. The Kier molecular flexibility index (Phi) is 2.51. The molecule has 0 saturated heterocycles. The molecule has 0 aliphatic heterocycles. The largest absolute Gasteiger partial charge is 0.391 e. The molecule has 104 valence electrons. The third kappa shape index (κ3) is 1.61. The number of thiocarbonyl (C=S) groups is 1. The van der Waals surface area contributed by atoms with Crippen molar-refractivity contribution in [3.8, 4) is 0 Å². The van der Waals surface area contributed by atoms with Crippen LogP contribution in [0.2, 0.25) is 0 Å². The molecule has 0 aromatic heterocycles. The number of hydrogen-bond acceptors (Lipinski definition) is 2. The molecule has 3 nitrogen and oxygen atoms in total. The second-order valence-electron chi connectivity index (χ2n) is 7.16. The van der Waals surface area contributed by atoms with Gasteiger partial charge >= 0.3 is 0 Å².